The third-order valence-electron chi connectivity index (χ3n) is 6.28. The number of nitrogens with one attached hydrogen (secondary N) is 2. The summed E-state index contributed by atoms with van der Waals surface area (Å²) >= 11 is 0. The van der Waals surface area contributed by atoms with Crippen molar-refractivity contribution in [3.63, 3.8) is 0 Å². The van der Waals surface area contributed by atoms with Crippen LogP contribution in [0.5, 0.6) is 5.75 Å². The van der Waals surface area contributed by atoms with E-state index >= 15 is 0 Å². The average molecular weight is 441 g/mol. The molecule has 1 saturated heterocycles. The number of hydrogen-bond acceptors (Lipinski definition) is 7. The van der Waals surface area contributed by atoms with Crippen LogP contribution in [0.1, 0.15) is 0 Å². The maximum atomic E-state index is 5.32. The van der Waals surface area contributed by atoms with Gasteiger partial charge in [-0.25, -0.2) is 9.97 Å². The molecule has 166 valence electrons. The first-order valence-corrected chi connectivity index (χ1v) is 10.9. The van der Waals surface area contributed by atoms with Crippen LogP contribution in [0, 0.1) is 0 Å². The predicted molar refractivity (Wildman–Crippen MR) is 128 cm³/mol. The van der Waals surface area contributed by atoms with Gasteiger partial charge in [-0.1, -0.05) is 0 Å². The van der Waals surface area contributed by atoms with Crippen molar-refractivity contribution in [3.05, 3.63) is 49.1 Å². The summed E-state index contributed by atoms with van der Waals surface area (Å²) in [7, 11) is 3.80. The van der Waals surface area contributed by atoms with Crippen molar-refractivity contribution in [1.29, 1.82) is 0 Å². The number of aromatic nitrogens is 6. The van der Waals surface area contributed by atoms with Crippen LogP contribution in [0.2, 0.25) is 0 Å². The Morgan fingerprint density at radius 3 is 2.64 bits per heavy atom. The molecule has 6 rings (SSSR count). The monoisotopic (exact) mass is 440 g/mol. The number of H-pyrrole nitrogens is 2. The van der Waals surface area contributed by atoms with E-state index in [4.69, 9.17) is 9.72 Å². The van der Waals surface area contributed by atoms with Gasteiger partial charge in [-0.2, -0.15) is 5.10 Å². The summed E-state index contributed by atoms with van der Waals surface area (Å²) in [5.74, 6) is 1.73. The van der Waals surface area contributed by atoms with Gasteiger partial charge in [-0.05, 0) is 31.3 Å². The molecule has 2 N–H and O–H groups in total. The number of ether oxygens (including phenoxy) is 1. The summed E-state index contributed by atoms with van der Waals surface area (Å²) in [6.07, 6.45) is 7.19. The number of pyridine rings is 3. The average Bonchev–Trinajstić information content (AvgIpc) is 3.48. The van der Waals surface area contributed by atoms with E-state index in [9.17, 15) is 0 Å². The fraction of sp³-hybridized carbons (Fsp3) is 0.250. The van der Waals surface area contributed by atoms with Gasteiger partial charge < -0.3 is 19.5 Å². The van der Waals surface area contributed by atoms with Crippen LogP contribution >= 0.6 is 0 Å². The fourth-order valence-corrected chi connectivity index (χ4v) is 4.39. The second-order valence-corrected chi connectivity index (χ2v) is 8.37. The largest absolute Gasteiger partial charge is 0.495 e. The number of likely N-dealkylation sites (N-methyl/N-ethyl adjacent to an activating group) is 1. The first-order chi connectivity index (χ1) is 16.2. The minimum atomic E-state index is 0.708. The van der Waals surface area contributed by atoms with E-state index in [2.05, 4.69) is 54.1 Å². The number of methoxy groups -OCH3 is 1. The number of fused-ring (bicyclic) bond motifs is 2. The topological polar surface area (TPSA) is 98.8 Å². The Morgan fingerprint density at radius 1 is 0.939 bits per heavy atom. The number of anilines is 1. The molecule has 9 nitrogen and oxygen atoms in total. The number of nitrogens with zero attached hydrogens (tertiary/aromatic N) is 6. The van der Waals surface area contributed by atoms with Crippen LogP contribution in [0.4, 0.5) is 5.82 Å². The molecule has 0 unspecified atom stereocenters. The molecule has 33 heavy (non-hydrogen) atoms. The van der Waals surface area contributed by atoms with Gasteiger partial charge in [0, 0.05) is 66.7 Å². The minimum Gasteiger partial charge on any atom is -0.495 e. The van der Waals surface area contributed by atoms with E-state index in [0.29, 0.717) is 5.75 Å². The Kier molecular flexibility index (Phi) is 4.69. The van der Waals surface area contributed by atoms with Crippen LogP contribution in [0.15, 0.2) is 49.1 Å². The highest BCUT2D eigenvalue weighted by Crippen LogP contribution is 2.33. The third-order valence-corrected chi connectivity index (χ3v) is 6.28. The molecule has 1 aliphatic rings. The Labute approximate surface area is 190 Å². The molecule has 5 aromatic heterocycles. The molecule has 0 radical (unpaired) electrons. The van der Waals surface area contributed by atoms with Gasteiger partial charge in [0.05, 0.1) is 24.5 Å². The number of hydrogen-bond donors (Lipinski definition) is 2. The van der Waals surface area contributed by atoms with E-state index in [1.54, 1.807) is 13.3 Å². The van der Waals surface area contributed by atoms with Gasteiger partial charge in [0.2, 0.25) is 0 Å². The minimum absolute atomic E-state index is 0.708. The molecule has 0 aromatic carbocycles. The molecule has 5 aromatic rings. The second-order valence-electron chi connectivity index (χ2n) is 8.37. The molecule has 0 saturated carbocycles. The van der Waals surface area contributed by atoms with E-state index in [1.165, 1.54) is 0 Å². The van der Waals surface area contributed by atoms with Crippen molar-refractivity contribution in [2.24, 2.45) is 0 Å². The summed E-state index contributed by atoms with van der Waals surface area (Å²) < 4.78 is 5.32. The standard InChI is InChI=1S/C24H24N8O/c1-31-5-7-32(8-6-31)24-18-11-21(28-20(18)3-4-26-24)22-19-10-16(13-27-23(19)30-29-22)15-9-17(33-2)14-25-12-15/h3-4,9-14,28H,5-8H2,1-2H3,(H,27,29,30). The van der Waals surface area contributed by atoms with Crippen molar-refractivity contribution in [3.8, 4) is 28.3 Å². The molecule has 1 aliphatic heterocycles. The van der Waals surface area contributed by atoms with Crippen LogP contribution in [-0.4, -0.2) is 75.4 Å². The lowest BCUT2D eigenvalue weighted by Crippen LogP contribution is -2.44. The van der Waals surface area contributed by atoms with Gasteiger partial charge in [-0.3, -0.25) is 10.1 Å². The Balaban J connectivity index is 1.43. The highest BCUT2D eigenvalue weighted by Gasteiger charge is 2.20. The van der Waals surface area contributed by atoms with Crippen molar-refractivity contribution in [2.45, 2.75) is 0 Å². The van der Waals surface area contributed by atoms with Crippen molar-refractivity contribution in [1.82, 2.24) is 35.0 Å². The summed E-state index contributed by atoms with van der Waals surface area (Å²) in [6.45, 7) is 4.01. The zero-order chi connectivity index (χ0) is 22.4. The fourth-order valence-electron chi connectivity index (χ4n) is 4.39. The quantitative estimate of drug-likeness (QED) is 0.442. The summed E-state index contributed by atoms with van der Waals surface area (Å²) in [5.41, 5.74) is 5.44. The van der Waals surface area contributed by atoms with Gasteiger partial charge in [0.15, 0.2) is 5.65 Å². The van der Waals surface area contributed by atoms with Crippen molar-refractivity contribution >= 4 is 27.8 Å². The van der Waals surface area contributed by atoms with Crippen molar-refractivity contribution in [2.75, 3.05) is 45.2 Å². The molecule has 0 amide bonds. The number of aromatic amines is 2. The zero-order valence-corrected chi connectivity index (χ0v) is 18.5. The van der Waals surface area contributed by atoms with Gasteiger partial charge >= 0.3 is 0 Å². The van der Waals surface area contributed by atoms with Crippen LogP contribution in [0.3, 0.4) is 0 Å². The Bertz CT molecular complexity index is 1450. The molecule has 6 heterocycles. The molecule has 0 bridgehead atoms. The molecular weight excluding hydrogens is 416 g/mol. The van der Waals surface area contributed by atoms with Crippen LogP contribution in [0.25, 0.3) is 44.5 Å². The molecule has 0 aliphatic carbocycles. The predicted octanol–water partition coefficient (Wildman–Crippen LogP) is 3.32. The maximum Gasteiger partial charge on any atom is 0.155 e. The molecule has 9 heteroatoms. The molecule has 1 fully saturated rings. The lowest BCUT2D eigenvalue weighted by molar-refractivity contribution is 0.312. The van der Waals surface area contributed by atoms with E-state index < -0.39 is 0 Å². The summed E-state index contributed by atoms with van der Waals surface area (Å²) in [6, 6.07) is 8.19. The van der Waals surface area contributed by atoms with Gasteiger partial charge in [-0.15, -0.1) is 0 Å². The second kappa shape index (κ2) is 7.86. The Morgan fingerprint density at radius 2 is 1.79 bits per heavy atom. The smallest absolute Gasteiger partial charge is 0.155 e. The van der Waals surface area contributed by atoms with E-state index in [-0.39, 0.29) is 0 Å². The normalized spacial score (nSPS) is 14.9. The SMILES string of the molecule is COc1cncc(-c2cnc3[nH]nc(-c4cc5c(N6CCN(C)CC6)nccc5[nH]4)c3c2)c1. The molecular formula is C24H24N8O. The van der Waals surface area contributed by atoms with E-state index in [0.717, 1.165) is 76.4 Å². The molecule has 0 spiro atoms. The van der Waals surface area contributed by atoms with Gasteiger partial charge in [0.25, 0.3) is 0 Å². The van der Waals surface area contributed by atoms with E-state index in [1.807, 2.05) is 30.7 Å². The highest BCUT2D eigenvalue weighted by atomic mass is 16.5. The summed E-state index contributed by atoms with van der Waals surface area (Å²) in [5, 5.41) is 9.69. The summed E-state index contributed by atoms with van der Waals surface area (Å²) in [4.78, 5) is 21.8. The Hall–Kier alpha value is -3.98. The van der Waals surface area contributed by atoms with Crippen LogP contribution in [-0.2, 0) is 0 Å². The zero-order valence-electron chi connectivity index (χ0n) is 18.5. The first kappa shape index (κ1) is 19.7. The van der Waals surface area contributed by atoms with Crippen molar-refractivity contribution < 1.29 is 4.74 Å². The lowest BCUT2D eigenvalue weighted by atomic mass is 10.1. The maximum absolute atomic E-state index is 5.32. The first-order valence-electron chi connectivity index (χ1n) is 10.9. The highest BCUT2D eigenvalue weighted by molar-refractivity contribution is 5.99. The molecule has 0 atom stereocenters. The number of piperazine rings is 1. The third kappa shape index (κ3) is 3.46. The number of rotatable bonds is 4. The van der Waals surface area contributed by atoms with Crippen LogP contribution < -0.4 is 9.64 Å². The lowest BCUT2D eigenvalue weighted by Gasteiger charge is -2.33. The van der Waals surface area contributed by atoms with Gasteiger partial charge in [0.1, 0.15) is 17.3 Å².